The number of anilines is 2. The Balaban J connectivity index is 1.55. The number of hydrogen-bond donors (Lipinski definition) is 2. The van der Waals surface area contributed by atoms with Crippen molar-refractivity contribution in [2.75, 3.05) is 16.8 Å². The summed E-state index contributed by atoms with van der Waals surface area (Å²) in [6.07, 6.45) is 14.7. The fourth-order valence-corrected chi connectivity index (χ4v) is 6.54. The number of para-hydroxylation sites is 2. The van der Waals surface area contributed by atoms with Crippen molar-refractivity contribution >= 4 is 23.1 Å². The molecule has 0 saturated heterocycles. The van der Waals surface area contributed by atoms with Gasteiger partial charge in [-0.05, 0) is 62.0 Å². The first kappa shape index (κ1) is 23.2. The van der Waals surface area contributed by atoms with E-state index in [0.29, 0.717) is 12.3 Å². The number of allylic oxidation sites excluding steroid dienone is 3. The lowest BCUT2D eigenvalue weighted by Gasteiger charge is -2.42. The number of nitrogens with zero attached hydrogens (tertiary/aromatic N) is 1. The van der Waals surface area contributed by atoms with E-state index in [1.165, 1.54) is 19.3 Å². The molecule has 5 heteroatoms. The number of fused-ring (bicyclic) bond motifs is 1. The summed E-state index contributed by atoms with van der Waals surface area (Å²) in [4.78, 5) is 29.3. The van der Waals surface area contributed by atoms with E-state index in [2.05, 4.69) is 53.7 Å². The van der Waals surface area contributed by atoms with Crippen LogP contribution in [0.5, 0.6) is 0 Å². The molecule has 2 N–H and O–H groups in total. The largest absolute Gasteiger partial charge is 0.357 e. The maximum atomic E-state index is 13.7. The normalized spacial score (nSPS) is 26.9. The highest BCUT2D eigenvalue weighted by Gasteiger charge is 2.44. The Morgan fingerprint density at radius 1 is 1.09 bits per heavy atom. The minimum atomic E-state index is -0.0863. The zero-order valence-corrected chi connectivity index (χ0v) is 20.7. The molecule has 0 radical (unpaired) electrons. The molecule has 1 aliphatic heterocycles. The summed E-state index contributed by atoms with van der Waals surface area (Å²) >= 11 is 0. The number of carbonyl (C=O) groups excluding carboxylic acids is 2. The quantitative estimate of drug-likeness (QED) is 0.562. The van der Waals surface area contributed by atoms with E-state index in [1.807, 2.05) is 12.1 Å². The van der Waals surface area contributed by atoms with Gasteiger partial charge in [0.15, 0.2) is 5.78 Å². The number of ketones is 1. The first-order valence-electron chi connectivity index (χ1n) is 13.2. The number of hydrogen-bond acceptors (Lipinski definition) is 4. The first-order valence-corrected chi connectivity index (χ1v) is 13.2. The molecule has 2 atom stereocenters. The van der Waals surface area contributed by atoms with Gasteiger partial charge in [0.05, 0.1) is 24.0 Å². The predicted molar refractivity (Wildman–Crippen MR) is 138 cm³/mol. The predicted octanol–water partition coefficient (Wildman–Crippen LogP) is 5.74. The molecule has 5 nitrogen and oxygen atoms in total. The molecule has 4 aliphatic rings. The van der Waals surface area contributed by atoms with Gasteiger partial charge in [0, 0.05) is 23.7 Å². The van der Waals surface area contributed by atoms with Crippen LogP contribution < -0.4 is 15.5 Å². The third-order valence-electron chi connectivity index (χ3n) is 8.09. The van der Waals surface area contributed by atoms with Crippen molar-refractivity contribution in [2.45, 2.75) is 90.1 Å². The lowest BCUT2D eigenvalue weighted by atomic mass is 9.71. The maximum absolute atomic E-state index is 13.7. The summed E-state index contributed by atoms with van der Waals surface area (Å²) < 4.78 is 0. The molecule has 1 aromatic rings. The molecule has 0 bridgehead atoms. The fourth-order valence-electron chi connectivity index (χ4n) is 6.54. The first-order chi connectivity index (χ1) is 16.4. The molecule has 0 spiro atoms. The maximum Gasteiger partial charge on any atom is 0.239 e. The van der Waals surface area contributed by atoms with Crippen molar-refractivity contribution in [3.05, 3.63) is 47.7 Å². The van der Waals surface area contributed by atoms with Crippen LogP contribution in [0, 0.1) is 11.3 Å². The van der Waals surface area contributed by atoms with Crippen molar-refractivity contribution in [1.82, 2.24) is 5.32 Å². The van der Waals surface area contributed by atoms with Crippen molar-refractivity contribution in [1.29, 1.82) is 0 Å². The number of nitrogens with one attached hydrogen (secondary N) is 2. The summed E-state index contributed by atoms with van der Waals surface area (Å²) in [7, 11) is 0. The van der Waals surface area contributed by atoms with Crippen molar-refractivity contribution in [3.8, 4) is 0 Å². The van der Waals surface area contributed by atoms with Crippen LogP contribution in [0.15, 0.2) is 47.7 Å². The van der Waals surface area contributed by atoms with E-state index in [0.717, 1.165) is 61.2 Å². The van der Waals surface area contributed by atoms with Crippen LogP contribution in [0.4, 0.5) is 11.4 Å². The monoisotopic (exact) mass is 461 g/mol. The van der Waals surface area contributed by atoms with Crippen molar-refractivity contribution in [3.63, 3.8) is 0 Å². The van der Waals surface area contributed by atoms with Gasteiger partial charge >= 0.3 is 0 Å². The van der Waals surface area contributed by atoms with Gasteiger partial charge in [-0.25, -0.2) is 0 Å². The summed E-state index contributed by atoms with van der Waals surface area (Å²) in [6.45, 7) is 4.65. The number of carbonyl (C=O) groups is 2. The second-order valence-corrected chi connectivity index (χ2v) is 11.5. The minimum absolute atomic E-state index is 0.0671. The van der Waals surface area contributed by atoms with Gasteiger partial charge in [0.1, 0.15) is 0 Å². The molecule has 5 rings (SSSR count). The van der Waals surface area contributed by atoms with E-state index in [4.69, 9.17) is 0 Å². The Kier molecular flexibility index (Phi) is 6.54. The van der Waals surface area contributed by atoms with Crippen LogP contribution in [0.1, 0.15) is 78.1 Å². The van der Waals surface area contributed by atoms with Crippen LogP contribution in [-0.2, 0) is 9.59 Å². The van der Waals surface area contributed by atoms with Crippen molar-refractivity contribution < 1.29 is 9.59 Å². The second kappa shape index (κ2) is 9.59. The smallest absolute Gasteiger partial charge is 0.239 e. The van der Waals surface area contributed by atoms with Gasteiger partial charge in [-0.2, -0.15) is 0 Å². The molecule has 34 heavy (non-hydrogen) atoms. The molecule has 1 saturated carbocycles. The molecular weight excluding hydrogens is 422 g/mol. The Morgan fingerprint density at radius 2 is 1.88 bits per heavy atom. The molecule has 1 fully saturated rings. The summed E-state index contributed by atoms with van der Waals surface area (Å²) in [5.74, 6) is 0.630. The molecule has 1 heterocycles. The van der Waals surface area contributed by atoms with Gasteiger partial charge in [-0.3, -0.25) is 9.59 Å². The van der Waals surface area contributed by atoms with Gasteiger partial charge < -0.3 is 15.5 Å². The van der Waals surface area contributed by atoms with Crippen molar-refractivity contribution in [2.24, 2.45) is 11.3 Å². The zero-order chi connectivity index (χ0) is 23.7. The fraction of sp³-hybridized carbons (Fsp3) is 0.586. The van der Waals surface area contributed by atoms with E-state index < -0.39 is 0 Å². The van der Waals surface area contributed by atoms with Gasteiger partial charge in [-0.1, -0.05) is 57.4 Å². The third-order valence-corrected chi connectivity index (χ3v) is 8.09. The standard InChI is InChI=1S/C29H39N3O2/c1-29(2)17-23-27(25(33)18-29)28(20-11-5-3-6-12-20)32(24-16-10-9-15-22(24)31-23)19-26(34)30-21-13-7-4-8-14-21/h3,5,9-10,15-16,20-21,28,31H,4,6-8,11-14,17-19H2,1-2H3,(H,30,34). The average molecular weight is 462 g/mol. The molecule has 182 valence electrons. The molecule has 3 aliphatic carbocycles. The third kappa shape index (κ3) is 4.80. The van der Waals surface area contributed by atoms with Gasteiger partial charge in [-0.15, -0.1) is 0 Å². The van der Waals surface area contributed by atoms with E-state index in [1.54, 1.807) is 0 Å². The second-order valence-electron chi connectivity index (χ2n) is 11.5. The van der Waals surface area contributed by atoms with Crippen LogP contribution in [0.3, 0.4) is 0 Å². The molecule has 0 aromatic heterocycles. The number of Topliss-reactive ketones (excluding diaryl/α,β-unsaturated/α-hetero) is 1. The van der Waals surface area contributed by atoms with E-state index >= 15 is 0 Å². The number of benzene rings is 1. The average Bonchev–Trinajstić information content (AvgIpc) is 2.94. The van der Waals surface area contributed by atoms with Crippen LogP contribution in [0.2, 0.25) is 0 Å². The lowest BCUT2D eigenvalue weighted by Crippen LogP contribution is -2.51. The summed E-state index contributed by atoms with van der Waals surface area (Å²) in [5, 5.41) is 6.99. The zero-order valence-electron chi connectivity index (χ0n) is 20.7. The van der Waals surface area contributed by atoms with Gasteiger partial charge in [0.2, 0.25) is 5.91 Å². The highest BCUT2D eigenvalue weighted by molar-refractivity contribution is 6.01. The van der Waals surface area contributed by atoms with Crippen LogP contribution >= 0.6 is 0 Å². The molecular formula is C29H39N3O2. The number of rotatable bonds is 4. The summed E-state index contributed by atoms with van der Waals surface area (Å²) in [6, 6.07) is 8.46. The Morgan fingerprint density at radius 3 is 2.65 bits per heavy atom. The summed E-state index contributed by atoms with van der Waals surface area (Å²) in [5.41, 5.74) is 3.94. The lowest BCUT2D eigenvalue weighted by molar-refractivity contribution is -0.121. The minimum Gasteiger partial charge on any atom is -0.357 e. The van der Waals surface area contributed by atoms with E-state index in [-0.39, 0.29) is 35.7 Å². The number of amides is 1. The Labute approximate surface area is 204 Å². The Hall–Kier alpha value is -2.56. The highest BCUT2D eigenvalue weighted by atomic mass is 16.2. The van der Waals surface area contributed by atoms with Gasteiger partial charge in [0.25, 0.3) is 0 Å². The SMILES string of the molecule is CC1(C)CC(=O)C2=C(C1)Nc1ccccc1N(CC(=O)NC1CCCCC1)C2C1CC=CCC1. The highest BCUT2D eigenvalue weighted by Crippen LogP contribution is 2.46. The topological polar surface area (TPSA) is 61.4 Å². The molecule has 1 amide bonds. The van der Waals surface area contributed by atoms with Crippen LogP contribution in [0.25, 0.3) is 0 Å². The Bertz CT molecular complexity index is 1000. The molecule has 2 unspecified atom stereocenters. The molecule has 1 aromatic carbocycles. The van der Waals surface area contributed by atoms with Crippen LogP contribution in [-0.4, -0.2) is 30.3 Å². The van der Waals surface area contributed by atoms with E-state index in [9.17, 15) is 9.59 Å².